The van der Waals surface area contributed by atoms with Crippen LogP contribution in [0.1, 0.15) is 42.1 Å². The molecule has 0 bridgehead atoms. The van der Waals surface area contributed by atoms with Gasteiger partial charge in [0.1, 0.15) is 28.1 Å². The number of carbonyl (C=O) groups excluding carboxylic acids is 2. The zero-order chi connectivity index (χ0) is 23.7. The molecule has 8 heteroatoms. The Balaban J connectivity index is 1.30. The summed E-state index contributed by atoms with van der Waals surface area (Å²) >= 11 is 6.65. The molecular weight excluding hydrogens is 468 g/mol. The number of thioether (sulfide) groups is 1. The van der Waals surface area contributed by atoms with Gasteiger partial charge in [0.2, 0.25) is 5.91 Å². The molecule has 2 aromatic heterocycles. The van der Waals surface area contributed by atoms with E-state index in [0.29, 0.717) is 32.6 Å². The number of amides is 2. The first-order valence-electron chi connectivity index (χ1n) is 11.2. The molecule has 2 fully saturated rings. The molecule has 0 spiro atoms. The van der Waals surface area contributed by atoms with E-state index in [-0.39, 0.29) is 31.4 Å². The molecule has 1 saturated carbocycles. The summed E-state index contributed by atoms with van der Waals surface area (Å²) in [4.78, 5) is 29.9. The van der Waals surface area contributed by atoms with Gasteiger partial charge in [-0.2, -0.15) is 0 Å². The van der Waals surface area contributed by atoms with Gasteiger partial charge in [-0.15, -0.1) is 0 Å². The lowest BCUT2D eigenvalue weighted by atomic mass is 10.2. The molecule has 1 saturated heterocycles. The van der Waals surface area contributed by atoms with E-state index in [2.05, 4.69) is 6.92 Å². The quantitative estimate of drug-likeness (QED) is 0.309. The van der Waals surface area contributed by atoms with Crippen LogP contribution in [0.5, 0.6) is 0 Å². The first-order valence-corrected chi connectivity index (χ1v) is 12.4. The van der Waals surface area contributed by atoms with Gasteiger partial charge < -0.3 is 13.7 Å². The lowest BCUT2D eigenvalue weighted by molar-refractivity contribution is -0.136. The van der Waals surface area contributed by atoms with Crippen LogP contribution in [-0.2, 0) is 22.7 Å². The van der Waals surface area contributed by atoms with Crippen LogP contribution in [0.25, 0.3) is 6.08 Å². The number of hydrogen-bond acceptors (Lipinski definition) is 6. The maximum absolute atomic E-state index is 13.4. The van der Waals surface area contributed by atoms with E-state index >= 15 is 0 Å². The van der Waals surface area contributed by atoms with Gasteiger partial charge in [-0.3, -0.25) is 14.5 Å². The zero-order valence-electron chi connectivity index (χ0n) is 18.7. The Morgan fingerprint density at radius 2 is 1.91 bits per heavy atom. The fourth-order valence-electron chi connectivity index (χ4n) is 3.98. The molecule has 1 aliphatic carbocycles. The van der Waals surface area contributed by atoms with Gasteiger partial charge in [0, 0.05) is 5.92 Å². The Morgan fingerprint density at radius 1 is 1.15 bits per heavy atom. The molecule has 6 nitrogen and oxygen atoms in total. The third-order valence-corrected chi connectivity index (χ3v) is 7.43. The Kier molecular flexibility index (Phi) is 6.43. The van der Waals surface area contributed by atoms with Gasteiger partial charge in [-0.25, -0.2) is 0 Å². The highest BCUT2D eigenvalue weighted by Crippen LogP contribution is 2.47. The third-order valence-electron chi connectivity index (χ3n) is 6.05. The molecule has 1 aromatic carbocycles. The molecule has 3 heterocycles. The third kappa shape index (κ3) is 5.03. The molecule has 0 radical (unpaired) electrons. The number of furan rings is 2. The summed E-state index contributed by atoms with van der Waals surface area (Å²) in [5, 5.41) is 0. The van der Waals surface area contributed by atoms with E-state index in [4.69, 9.17) is 21.1 Å². The van der Waals surface area contributed by atoms with E-state index in [1.807, 2.05) is 48.5 Å². The Morgan fingerprint density at radius 3 is 2.62 bits per heavy atom. The van der Waals surface area contributed by atoms with Crippen molar-refractivity contribution in [2.24, 2.45) is 5.92 Å². The van der Waals surface area contributed by atoms with E-state index in [1.54, 1.807) is 23.3 Å². The van der Waals surface area contributed by atoms with Crippen molar-refractivity contribution >= 4 is 46.2 Å². The van der Waals surface area contributed by atoms with Crippen molar-refractivity contribution in [1.82, 2.24) is 9.80 Å². The van der Waals surface area contributed by atoms with E-state index in [1.165, 1.54) is 16.7 Å². The van der Waals surface area contributed by atoms with Crippen molar-refractivity contribution in [3.8, 4) is 0 Å². The van der Waals surface area contributed by atoms with Gasteiger partial charge in [0.25, 0.3) is 5.91 Å². The standard InChI is InChI=1S/C26H24N2O4S2/c1-17-12-21(17)22-10-9-20(32-22)15-27(14-19-8-5-11-31-19)24(29)16-28-25(30)23(34-26(28)33)13-18-6-3-2-4-7-18/h2-11,13,17,21H,12,14-16H2,1H3/b23-13-. The predicted molar refractivity (Wildman–Crippen MR) is 135 cm³/mol. The summed E-state index contributed by atoms with van der Waals surface area (Å²) in [7, 11) is 0. The first kappa shape index (κ1) is 22.7. The minimum absolute atomic E-state index is 0.134. The van der Waals surface area contributed by atoms with Crippen LogP contribution in [0.4, 0.5) is 0 Å². The summed E-state index contributed by atoms with van der Waals surface area (Å²) in [6, 6.07) is 17.1. The molecule has 34 heavy (non-hydrogen) atoms. The van der Waals surface area contributed by atoms with Crippen molar-refractivity contribution in [2.75, 3.05) is 6.54 Å². The molecule has 2 amide bonds. The van der Waals surface area contributed by atoms with Crippen molar-refractivity contribution in [2.45, 2.75) is 32.4 Å². The number of benzene rings is 1. The van der Waals surface area contributed by atoms with Gasteiger partial charge in [-0.05, 0) is 48.2 Å². The molecule has 2 unspecified atom stereocenters. The van der Waals surface area contributed by atoms with Crippen LogP contribution in [0.15, 0.2) is 74.6 Å². The van der Waals surface area contributed by atoms with Crippen molar-refractivity contribution in [3.05, 3.63) is 88.6 Å². The SMILES string of the molecule is CC1CC1c1ccc(CN(Cc2ccco2)C(=O)CN2C(=O)/C(=C/c3ccccc3)SC2=S)o1. The minimum Gasteiger partial charge on any atom is -0.467 e. The number of hydrogen-bond donors (Lipinski definition) is 0. The average Bonchev–Trinajstić information content (AvgIpc) is 3.19. The highest BCUT2D eigenvalue weighted by atomic mass is 32.2. The predicted octanol–water partition coefficient (Wildman–Crippen LogP) is 5.43. The zero-order valence-corrected chi connectivity index (χ0v) is 20.3. The molecule has 5 rings (SSSR count). The van der Waals surface area contributed by atoms with Gasteiger partial charge >= 0.3 is 0 Å². The number of rotatable bonds is 8. The molecule has 2 atom stereocenters. The summed E-state index contributed by atoms with van der Waals surface area (Å²) < 4.78 is 11.9. The molecule has 0 N–H and O–H groups in total. The van der Waals surface area contributed by atoms with E-state index < -0.39 is 0 Å². The van der Waals surface area contributed by atoms with Gasteiger partial charge in [-0.1, -0.05) is 61.2 Å². The Labute approximate surface area is 207 Å². The van der Waals surface area contributed by atoms with Crippen molar-refractivity contribution in [1.29, 1.82) is 0 Å². The fourth-order valence-corrected chi connectivity index (χ4v) is 5.24. The maximum atomic E-state index is 13.4. The second-order valence-electron chi connectivity index (χ2n) is 8.63. The van der Waals surface area contributed by atoms with Gasteiger partial charge in [0.15, 0.2) is 0 Å². The second-order valence-corrected chi connectivity index (χ2v) is 10.3. The van der Waals surface area contributed by atoms with Crippen LogP contribution in [0, 0.1) is 5.92 Å². The summed E-state index contributed by atoms with van der Waals surface area (Å²) in [5.41, 5.74) is 0.910. The van der Waals surface area contributed by atoms with Crippen LogP contribution in [0.2, 0.25) is 0 Å². The second kappa shape index (κ2) is 9.64. The normalized spacial score (nSPS) is 20.9. The molecule has 3 aromatic rings. The topological polar surface area (TPSA) is 66.9 Å². The average molecular weight is 493 g/mol. The summed E-state index contributed by atoms with van der Waals surface area (Å²) in [6.07, 6.45) is 4.51. The maximum Gasteiger partial charge on any atom is 0.266 e. The van der Waals surface area contributed by atoms with E-state index in [9.17, 15) is 9.59 Å². The molecular formula is C26H24N2O4S2. The van der Waals surface area contributed by atoms with Crippen molar-refractivity contribution in [3.63, 3.8) is 0 Å². The number of carbonyl (C=O) groups is 2. The first-order chi connectivity index (χ1) is 16.5. The lowest BCUT2D eigenvalue weighted by Crippen LogP contribution is -2.41. The molecule has 2 aliphatic rings. The van der Waals surface area contributed by atoms with Crippen LogP contribution < -0.4 is 0 Å². The van der Waals surface area contributed by atoms with E-state index in [0.717, 1.165) is 17.7 Å². The highest BCUT2D eigenvalue weighted by molar-refractivity contribution is 8.26. The number of thiocarbonyl (C=S) groups is 1. The monoisotopic (exact) mass is 492 g/mol. The number of nitrogens with zero attached hydrogens (tertiary/aromatic N) is 2. The van der Waals surface area contributed by atoms with Crippen LogP contribution in [-0.4, -0.2) is 32.5 Å². The summed E-state index contributed by atoms with van der Waals surface area (Å²) in [5.74, 6) is 2.95. The fraction of sp³-hybridized carbons (Fsp3) is 0.269. The van der Waals surface area contributed by atoms with Crippen LogP contribution >= 0.6 is 24.0 Å². The lowest BCUT2D eigenvalue weighted by Gasteiger charge is -2.23. The van der Waals surface area contributed by atoms with Gasteiger partial charge in [0.05, 0.1) is 24.3 Å². The minimum atomic E-state index is -0.256. The van der Waals surface area contributed by atoms with Crippen LogP contribution in [0.3, 0.4) is 0 Å². The summed E-state index contributed by atoms with van der Waals surface area (Å²) in [6.45, 7) is 2.63. The smallest absolute Gasteiger partial charge is 0.266 e. The Hall–Kier alpha value is -3.10. The largest absolute Gasteiger partial charge is 0.467 e. The molecule has 174 valence electrons. The highest BCUT2D eigenvalue weighted by Gasteiger charge is 2.37. The molecule has 1 aliphatic heterocycles. The van der Waals surface area contributed by atoms with Crippen molar-refractivity contribution < 1.29 is 18.4 Å². The Bertz CT molecular complexity index is 1230.